The van der Waals surface area contributed by atoms with Crippen molar-refractivity contribution >= 4 is 5.96 Å². The summed E-state index contributed by atoms with van der Waals surface area (Å²) in [7, 11) is 1.83. The summed E-state index contributed by atoms with van der Waals surface area (Å²) < 4.78 is 11.9. The van der Waals surface area contributed by atoms with Gasteiger partial charge in [0.15, 0.2) is 5.96 Å². The Kier molecular flexibility index (Phi) is 7.20. The maximum atomic E-state index is 6.10. The molecule has 1 atom stereocenters. The van der Waals surface area contributed by atoms with E-state index in [9.17, 15) is 0 Å². The average Bonchev–Trinajstić information content (AvgIpc) is 2.69. The minimum atomic E-state index is 0.299. The van der Waals surface area contributed by atoms with Gasteiger partial charge in [0.1, 0.15) is 5.82 Å². The maximum Gasteiger partial charge on any atom is 0.193 e. The van der Waals surface area contributed by atoms with Crippen molar-refractivity contribution < 1.29 is 9.47 Å². The van der Waals surface area contributed by atoms with Crippen LogP contribution in [0.4, 0.5) is 0 Å². The van der Waals surface area contributed by atoms with Gasteiger partial charge in [0.2, 0.25) is 0 Å². The molecule has 1 N–H and O–H groups in total. The van der Waals surface area contributed by atoms with Crippen LogP contribution in [0.25, 0.3) is 0 Å². The van der Waals surface area contributed by atoms with E-state index in [1.54, 1.807) is 6.20 Å². The van der Waals surface area contributed by atoms with Crippen molar-refractivity contribution in [1.29, 1.82) is 0 Å². The second kappa shape index (κ2) is 9.83. The Morgan fingerprint density at radius 1 is 1.35 bits per heavy atom. The maximum absolute atomic E-state index is 6.10. The van der Waals surface area contributed by atoms with Crippen LogP contribution in [0.5, 0.6) is 0 Å². The largest absolute Gasteiger partial charge is 0.376 e. The summed E-state index contributed by atoms with van der Waals surface area (Å²) in [4.78, 5) is 15.3. The summed E-state index contributed by atoms with van der Waals surface area (Å²) in [5.41, 5.74) is 0.976. The molecule has 0 aliphatic carbocycles. The zero-order chi connectivity index (χ0) is 18.2. The van der Waals surface area contributed by atoms with Crippen LogP contribution in [0.1, 0.15) is 43.6 Å². The van der Waals surface area contributed by atoms with Gasteiger partial charge in [-0.1, -0.05) is 0 Å². The molecule has 7 heteroatoms. The Morgan fingerprint density at radius 2 is 2.19 bits per heavy atom. The van der Waals surface area contributed by atoms with Crippen molar-refractivity contribution in [2.24, 2.45) is 4.99 Å². The third-order valence-corrected chi connectivity index (χ3v) is 5.01. The summed E-state index contributed by atoms with van der Waals surface area (Å²) in [5, 5.41) is 3.41. The lowest BCUT2D eigenvalue weighted by Gasteiger charge is -2.35. The average molecular weight is 361 g/mol. The number of ether oxygens (including phenoxy) is 2. The first kappa shape index (κ1) is 19.0. The molecule has 1 aromatic rings. The SMILES string of the molecule is CN=C(NCc1ccnc(C)n1)N1CCC(OCC2CCCCO2)CC1. The second-order valence-electron chi connectivity index (χ2n) is 7.00. The van der Waals surface area contributed by atoms with Gasteiger partial charge in [-0.05, 0) is 45.1 Å². The number of guanidine groups is 1. The van der Waals surface area contributed by atoms with Gasteiger partial charge in [-0.25, -0.2) is 9.97 Å². The van der Waals surface area contributed by atoms with E-state index in [4.69, 9.17) is 9.47 Å². The zero-order valence-corrected chi connectivity index (χ0v) is 16.0. The normalized spacial score (nSPS) is 22.5. The predicted molar refractivity (Wildman–Crippen MR) is 101 cm³/mol. The topological polar surface area (TPSA) is 71.9 Å². The smallest absolute Gasteiger partial charge is 0.193 e. The highest BCUT2D eigenvalue weighted by atomic mass is 16.5. The van der Waals surface area contributed by atoms with Crippen molar-refractivity contribution in [3.05, 3.63) is 23.8 Å². The van der Waals surface area contributed by atoms with Crippen molar-refractivity contribution in [1.82, 2.24) is 20.2 Å². The third kappa shape index (κ3) is 5.64. The number of aliphatic imine (C=N–C) groups is 1. The summed E-state index contributed by atoms with van der Waals surface area (Å²) in [6.45, 7) is 6.11. The van der Waals surface area contributed by atoms with Crippen LogP contribution in [0.3, 0.4) is 0 Å². The molecule has 1 unspecified atom stereocenters. The van der Waals surface area contributed by atoms with Gasteiger partial charge in [0.05, 0.1) is 31.1 Å². The molecular formula is C19H31N5O2. The van der Waals surface area contributed by atoms with E-state index < -0.39 is 0 Å². The van der Waals surface area contributed by atoms with E-state index in [1.807, 2.05) is 20.0 Å². The van der Waals surface area contributed by atoms with Crippen molar-refractivity contribution in [2.75, 3.05) is 33.4 Å². The first-order valence-electron chi connectivity index (χ1n) is 9.72. The van der Waals surface area contributed by atoms with E-state index in [-0.39, 0.29) is 0 Å². The van der Waals surface area contributed by atoms with Crippen LogP contribution in [0.15, 0.2) is 17.3 Å². The van der Waals surface area contributed by atoms with Gasteiger partial charge in [-0.15, -0.1) is 0 Å². The number of hydrogen-bond donors (Lipinski definition) is 1. The van der Waals surface area contributed by atoms with Gasteiger partial charge >= 0.3 is 0 Å². The van der Waals surface area contributed by atoms with E-state index in [2.05, 4.69) is 25.2 Å². The lowest BCUT2D eigenvalue weighted by atomic mass is 10.1. The fourth-order valence-corrected chi connectivity index (χ4v) is 3.52. The molecular weight excluding hydrogens is 330 g/mol. The number of aryl methyl sites for hydroxylation is 1. The first-order valence-corrected chi connectivity index (χ1v) is 9.72. The van der Waals surface area contributed by atoms with Gasteiger partial charge < -0.3 is 19.7 Å². The molecule has 2 fully saturated rings. The highest BCUT2D eigenvalue weighted by molar-refractivity contribution is 5.79. The third-order valence-electron chi connectivity index (χ3n) is 5.01. The minimum absolute atomic E-state index is 0.299. The molecule has 0 bridgehead atoms. The Bertz CT molecular complexity index is 581. The van der Waals surface area contributed by atoms with Gasteiger partial charge in [0, 0.05) is 32.9 Å². The first-order chi connectivity index (χ1) is 12.7. The van der Waals surface area contributed by atoms with Crippen LogP contribution in [-0.2, 0) is 16.0 Å². The van der Waals surface area contributed by atoms with E-state index >= 15 is 0 Å². The predicted octanol–water partition coefficient (Wildman–Crippen LogP) is 1.91. The molecule has 0 amide bonds. The van der Waals surface area contributed by atoms with Crippen molar-refractivity contribution in [3.63, 3.8) is 0 Å². The van der Waals surface area contributed by atoms with Crippen LogP contribution < -0.4 is 5.32 Å². The quantitative estimate of drug-likeness (QED) is 0.638. The molecule has 3 heterocycles. The van der Waals surface area contributed by atoms with Crippen LogP contribution in [0.2, 0.25) is 0 Å². The van der Waals surface area contributed by atoms with Gasteiger partial charge in [-0.3, -0.25) is 4.99 Å². The zero-order valence-electron chi connectivity index (χ0n) is 16.0. The number of hydrogen-bond acceptors (Lipinski definition) is 5. The molecule has 0 spiro atoms. The molecule has 0 radical (unpaired) electrons. The number of nitrogens with zero attached hydrogens (tertiary/aromatic N) is 4. The number of aromatic nitrogens is 2. The molecule has 144 valence electrons. The Balaban J connectivity index is 1.39. The van der Waals surface area contributed by atoms with Gasteiger partial charge in [-0.2, -0.15) is 0 Å². The highest BCUT2D eigenvalue weighted by Crippen LogP contribution is 2.18. The number of piperidine rings is 1. The highest BCUT2D eigenvalue weighted by Gasteiger charge is 2.23. The van der Waals surface area contributed by atoms with E-state index in [0.717, 1.165) is 63.0 Å². The Morgan fingerprint density at radius 3 is 2.88 bits per heavy atom. The lowest BCUT2D eigenvalue weighted by molar-refractivity contribution is -0.0721. The molecule has 2 saturated heterocycles. The van der Waals surface area contributed by atoms with Crippen LogP contribution in [-0.4, -0.2) is 66.4 Å². The summed E-state index contributed by atoms with van der Waals surface area (Å²) >= 11 is 0. The molecule has 2 aliphatic heterocycles. The Hall–Kier alpha value is -1.73. The monoisotopic (exact) mass is 361 g/mol. The minimum Gasteiger partial charge on any atom is -0.376 e. The lowest BCUT2D eigenvalue weighted by Crippen LogP contribution is -2.47. The molecule has 0 saturated carbocycles. The molecule has 0 aromatic carbocycles. The van der Waals surface area contributed by atoms with Gasteiger partial charge in [0.25, 0.3) is 0 Å². The molecule has 26 heavy (non-hydrogen) atoms. The number of nitrogens with one attached hydrogen (secondary N) is 1. The molecule has 7 nitrogen and oxygen atoms in total. The summed E-state index contributed by atoms with van der Waals surface area (Å²) in [6, 6.07) is 1.93. The Labute approximate surface area is 156 Å². The van der Waals surface area contributed by atoms with Crippen molar-refractivity contribution in [3.8, 4) is 0 Å². The molecule has 1 aromatic heterocycles. The second-order valence-corrected chi connectivity index (χ2v) is 7.00. The van der Waals surface area contributed by atoms with E-state index in [0.29, 0.717) is 18.8 Å². The van der Waals surface area contributed by atoms with Crippen molar-refractivity contribution in [2.45, 2.75) is 57.8 Å². The summed E-state index contributed by atoms with van der Waals surface area (Å²) in [6.07, 6.45) is 8.07. The molecule has 2 aliphatic rings. The van der Waals surface area contributed by atoms with Crippen LogP contribution >= 0.6 is 0 Å². The van der Waals surface area contributed by atoms with Crippen LogP contribution in [0, 0.1) is 6.92 Å². The number of likely N-dealkylation sites (tertiary alicyclic amines) is 1. The number of rotatable bonds is 5. The summed E-state index contributed by atoms with van der Waals surface area (Å²) in [5.74, 6) is 1.72. The molecule has 3 rings (SSSR count). The van der Waals surface area contributed by atoms with E-state index in [1.165, 1.54) is 12.8 Å². The fourth-order valence-electron chi connectivity index (χ4n) is 3.52. The fraction of sp³-hybridized carbons (Fsp3) is 0.737. The standard InChI is InChI=1S/C19H31N5O2/c1-15-21-9-6-16(23-15)13-22-19(20-2)24-10-7-17(8-11-24)26-14-18-5-3-4-12-25-18/h6,9,17-18H,3-5,7-8,10-14H2,1-2H3,(H,20,22).